The number of pyridine rings is 1. The third-order valence-electron chi connectivity index (χ3n) is 3.45. The first-order valence-corrected chi connectivity index (χ1v) is 8.27. The number of anilines is 3. The summed E-state index contributed by atoms with van der Waals surface area (Å²) in [5.74, 6) is -0.255. The summed E-state index contributed by atoms with van der Waals surface area (Å²) in [7, 11) is 0. The molecule has 0 atom stereocenters. The average Bonchev–Trinajstić information content (AvgIpc) is 2.59. The number of aromatic nitrogens is 1. The normalized spacial score (nSPS) is 10.2. The van der Waals surface area contributed by atoms with Crippen molar-refractivity contribution in [2.75, 3.05) is 10.6 Å². The van der Waals surface area contributed by atoms with Gasteiger partial charge in [0.2, 0.25) is 0 Å². The minimum Gasteiger partial charge on any atom is -0.355 e. The molecule has 0 spiro atoms. The van der Waals surface area contributed by atoms with Gasteiger partial charge in [-0.3, -0.25) is 9.78 Å². The Morgan fingerprint density at radius 1 is 1.00 bits per heavy atom. The first-order valence-electron chi connectivity index (χ1n) is 7.47. The zero-order valence-electron chi connectivity index (χ0n) is 13.1. The Labute approximate surface area is 149 Å². The van der Waals surface area contributed by atoms with Crippen molar-refractivity contribution in [2.24, 2.45) is 0 Å². The van der Waals surface area contributed by atoms with Crippen molar-refractivity contribution < 1.29 is 4.79 Å². The third-order valence-corrected chi connectivity index (χ3v) is 4.15. The fourth-order valence-corrected chi connectivity index (χ4v) is 2.57. The van der Waals surface area contributed by atoms with Gasteiger partial charge in [0.05, 0.1) is 5.69 Å². The zero-order chi connectivity index (χ0) is 16.9. The summed E-state index contributed by atoms with van der Waals surface area (Å²) in [4.78, 5) is 16.5. The quantitative estimate of drug-likeness (QED) is 0.656. The average molecular weight is 382 g/mol. The Balaban J connectivity index is 1.76. The van der Waals surface area contributed by atoms with Crippen molar-refractivity contribution >= 4 is 38.9 Å². The van der Waals surface area contributed by atoms with Crippen molar-refractivity contribution in [3.63, 3.8) is 0 Å². The number of amides is 1. The largest absolute Gasteiger partial charge is 0.355 e. The van der Waals surface area contributed by atoms with Crippen molar-refractivity contribution in [2.45, 2.75) is 6.92 Å². The highest BCUT2D eigenvalue weighted by Gasteiger charge is 2.10. The number of aryl methyl sites for hydroxylation is 1. The van der Waals surface area contributed by atoms with Crippen molar-refractivity contribution in [3.8, 4) is 0 Å². The molecule has 3 aromatic rings. The van der Waals surface area contributed by atoms with Crippen LogP contribution in [0.5, 0.6) is 0 Å². The van der Waals surface area contributed by atoms with E-state index in [2.05, 4.69) is 31.5 Å². The highest BCUT2D eigenvalue weighted by atomic mass is 79.9. The van der Waals surface area contributed by atoms with Crippen LogP contribution in [0, 0.1) is 6.92 Å². The predicted octanol–water partition coefficient (Wildman–Crippen LogP) is 5.15. The number of para-hydroxylation sites is 1. The molecule has 0 saturated heterocycles. The Kier molecular flexibility index (Phi) is 4.91. The summed E-state index contributed by atoms with van der Waals surface area (Å²) >= 11 is 3.41. The number of halogens is 1. The molecule has 1 amide bonds. The molecular formula is C19H16BrN3O. The second-order valence-corrected chi connectivity index (χ2v) is 6.21. The first-order chi connectivity index (χ1) is 11.6. The molecule has 0 unspecified atom stereocenters. The lowest BCUT2D eigenvalue weighted by molar-refractivity contribution is 0.102. The van der Waals surface area contributed by atoms with Crippen molar-refractivity contribution in [1.29, 1.82) is 0 Å². The molecule has 3 rings (SSSR count). The van der Waals surface area contributed by atoms with Crippen LogP contribution in [-0.4, -0.2) is 10.9 Å². The minimum atomic E-state index is -0.255. The van der Waals surface area contributed by atoms with E-state index in [-0.39, 0.29) is 5.91 Å². The maximum atomic E-state index is 12.4. The summed E-state index contributed by atoms with van der Waals surface area (Å²) in [5, 5.41) is 6.12. The SMILES string of the molecule is Cc1ccc(Nc2ccnc(C(=O)Nc3ccccc3Br)c2)cc1. The molecule has 24 heavy (non-hydrogen) atoms. The third kappa shape index (κ3) is 4.00. The number of hydrogen-bond donors (Lipinski definition) is 2. The van der Waals surface area contributed by atoms with Gasteiger partial charge in [-0.2, -0.15) is 0 Å². The molecule has 4 nitrogen and oxygen atoms in total. The van der Waals surface area contributed by atoms with Crippen LogP contribution < -0.4 is 10.6 Å². The molecule has 0 aliphatic heterocycles. The second kappa shape index (κ2) is 7.27. The molecule has 1 aromatic heterocycles. The number of nitrogens with one attached hydrogen (secondary N) is 2. The first kappa shape index (κ1) is 16.2. The van der Waals surface area contributed by atoms with E-state index in [4.69, 9.17) is 0 Å². The van der Waals surface area contributed by atoms with Gasteiger partial charge in [-0.15, -0.1) is 0 Å². The van der Waals surface area contributed by atoms with Gasteiger partial charge < -0.3 is 10.6 Å². The number of rotatable bonds is 4. The fourth-order valence-electron chi connectivity index (χ4n) is 2.18. The van der Waals surface area contributed by atoms with Crippen LogP contribution in [0.15, 0.2) is 71.3 Å². The summed E-state index contributed by atoms with van der Waals surface area (Å²) in [6, 6.07) is 19.1. The van der Waals surface area contributed by atoms with Crippen LogP contribution in [0.3, 0.4) is 0 Å². The Morgan fingerprint density at radius 2 is 1.75 bits per heavy atom. The minimum absolute atomic E-state index is 0.255. The standard InChI is InChI=1S/C19H16BrN3O/c1-13-6-8-14(9-7-13)22-15-10-11-21-18(12-15)19(24)23-17-5-3-2-4-16(17)20/h2-12H,1H3,(H,21,22)(H,23,24). The number of carbonyl (C=O) groups excluding carboxylic acids is 1. The van der Waals surface area contributed by atoms with E-state index in [0.29, 0.717) is 11.4 Å². The van der Waals surface area contributed by atoms with Gasteiger partial charge in [0.1, 0.15) is 5.69 Å². The lowest BCUT2D eigenvalue weighted by Gasteiger charge is -2.09. The number of nitrogens with zero attached hydrogens (tertiary/aromatic N) is 1. The summed E-state index contributed by atoms with van der Waals surface area (Å²) < 4.78 is 0.826. The van der Waals surface area contributed by atoms with Crippen LogP contribution in [0.4, 0.5) is 17.1 Å². The van der Waals surface area contributed by atoms with Gasteiger partial charge in [0, 0.05) is 22.0 Å². The summed E-state index contributed by atoms with van der Waals surface area (Å²) in [5.41, 5.74) is 4.03. The molecule has 2 aromatic carbocycles. The van der Waals surface area contributed by atoms with E-state index in [0.717, 1.165) is 15.8 Å². The lowest BCUT2D eigenvalue weighted by atomic mass is 10.2. The van der Waals surface area contributed by atoms with E-state index in [9.17, 15) is 4.79 Å². The van der Waals surface area contributed by atoms with Crippen molar-refractivity contribution in [3.05, 3.63) is 82.6 Å². The van der Waals surface area contributed by atoms with Crippen molar-refractivity contribution in [1.82, 2.24) is 4.98 Å². The number of hydrogen-bond acceptors (Lipinski definition) is 3. The Bertz CT molecular complexity index is 862. The molecule has 0 bridgehead atoms. The van der Waals surface area contributed by atoms with Gasteiger partial charge >= 0.3 is 0 Å². The van der Waals surface area contributed by atoms with Crippen LogP contribution in [0.1, 0.15) is 16.1 Å². The molecule has 120 valence electrons. The molecule has 0 fully saturated rings. The van der Waals surface area contributed by atoms with E-state index in [1.165, 1.54) is 5.56 Å². The lowest BCUT2D eigenvalue weighted by Crippen LogP contribution is -2.14. The number of benzene rings is 2. The van der Waals surface area contributed by atoms with E-state index in [1.54, 1.807) is 12.3 Å². The predicted molar refractivity (Wildman–Crippen MR) is 101 cm³/mol. The van der Waals surface area contributed by atoms with Gasteiger partial charge in [-0.1, -0.05) is 29.8 Å². The molecule has 0 saturated carbocycles. The molecule has 2 N–H and O–H groups in total. The maximum Gasteiger partial charge on any atom is 0.274 e. The monoisotopic (exact) mass is 381 g/mol. The van der Waals surface area contributed by atoms with Crippen LogP contribution in [-0.2, 0) is 0 Å². The second-order valence-electron chi connectivity index (χ2n) is 5.35. The Morgan fingerprint density at radius 3 is 2.50 bits per heavy atom. The van der Waals surface area contributed by atoms with E-state index in [1.807, 2.05) is 61.5 Å². The molecule has 0 radical (unpaired) electrons. The van der Waals surface area contributed by atoms with Gasteiger partial charge in [0.15, 0.2) is 0 Å². The van der Waals surface area contributed by atoms with Crippen LogP contribution >= 0.6 is 15.9 Å². The van der Waals surface area contributed by atoms with E-state index < -0.39 is 0 Å². The fraction of sp³-hybridized carbons (Fsp3) is 0.0526. The van der Waals surface area contributed by atoms with Gasteiger partial charge in [-0.25, -0.2) is 0 Å². The summed E-state index contributed by atoms with van der Waals surface area (Å²) in [6.45, 7) is 2.04. The van der Waals surface area contributed by atoms with Gasteiger partial charge in [0.25, 0.3) is 5.91 Å². The number of carbonyl (C=O) groups is 1. The smallest absolute Gasteiger partial charge is 0.274 e. The molecule has 1 heterocycles. The molecule has 0 aliphatic rings. The molecule has 5 heteroatoms. The molecule has 0 aliphatic carbocycles. The molecular weight excluding hydrogens is 366 g/mol. The zero-order valence-corrected chi connectivity index (χ0v) is 14.7. The highest BCUT2D eigenvalue weighted by molar-refractivity contribution is 9.10. The topological polar surface area (TPSA) is 54.0 Å². The summed E-state index contributed by atoms with van der Waals surface area (Å²) in [6.07, 6.45) is 1.62. The van der Waals surface area contributed by atoms with Crippen LogP contribution in [0.25, 0.3) is 0 Å². The maximum absolute atomic E-state index is 12.4. The van der Waals surface area contributed by atoms with Crippen LogP contribution in [0.2, 0.25) is 0 Å². The highest BCUT2D eigenvalue weighted by Crippen LogP contribution is 2.22. The Hall–Kier alpha value is -2.66. The van der Waals surface area contributed by atoms with Gasteiger partial charge in [-0.05, 0) is 59.3 Å². The van der Waals surface area contributed by atoms with E-state index >= 15 is 0 Å².